The van der Waals surface area contributed by atoms with Gasteiger partial charge in [0.05, 0.1) is 0 Å². The molecule has 1 aliphatic carbocycles. The molecule has 0 aromatic heterocycles. The fraction of sp³-hybridized carbons (Fsp3) is 0.625. The van der Waals surface area contributed by atoms with Crippen molar-refractivity contribution in [3.8, 4) is 5.75 Å². The molecule has 106 valence electrons. The minimum atomic E-state index is 0.233. The fourth-order valence-electron chi connectivity index (χ4n) is 3.09. The van der Waals surface area contributed by atoms with Gasteiger partial charge in [0, 0.05) is 22.1 Å². The smallest absolute Gasteiger partial charge is 0.120 e. The summed E-state index contributed by atoms with van der Waals surface area (Å²) in [6, 6.07) is 6.47. The Labute approximate surface area is 124 Å². The zero-order valence-corrected chi connectivity index (χ0v) is 13.6. The first-order valence-corrected chi connectivity index (χ1v) is 7.95. The normalized spacial score (nSPS) is 23.5. The molecule has 2 N–H and O–H groups in total. The van der Waals surface area contributed by atoms with Crippen molar-refractivity contribution < 1.29 is 5.11 Å². The second kappa shape index (κ2) is 5.84. The summed E-state index contributed by atoms with van der Waals surface area (Å²) in [4.78, 5) is 0. The minimum absolute atomic E-state index is 0.233. The van der Waals surface area contributed by atoms with E-state index in [0.29, 0.717) is 17.2 Å². The number of phenolic OH excluding ortho intramolecular Hbond substituents is 1. The topological polar surface area (TPSA) is 32.3 Å². The molecule has 0 bridgehead atoms. The van der Waals surface area contributed by atoms with Gasteiger partial charge in [-0.1, -0.05) is 36.7 Å². The van der Waals surface area contributed by atoms with Crippen LogP contribution in [0.4, 0.5) is 0 Å². The maximum Gasteiger partial charge on any atom is 0.120 e. The van der Waals surface area contributed by atoms with Gasteiger partial charge in [0.2, 0.25) is 0 Å². The van der Waals surface area contributed by atoms with Crippen molar-refractivity contribution in [2.75, 3.05) is 0 Å². The van der Waals surface area contributed by atoms with Crippen LogP contribution in [0, 0.1) is 5.41 Å². The molecule has 0 heterocycles. The van der Waals surface area contributed by atoms with E-state index in [1.807, 2.05) is 12.1 Å². The van der Waals surface area contributed by atoms with Crippen LogP contribution in [0.25, 0.3) is 0 Å². The third-order valence-corrected chi connectivity index (χ3v) is 4.67. The molecule has 1 saturated carbocycles. The number of halogens is 1. The lowest BCUT2D eigenvalue weighted by Crippen LogP contribution is -2.31. The largest absolute Gasteiger partial charge is 0.508 e. The van der Waals surface area contributed by atoms with Crippen LogP contribution in [0.5, 0.6) is 5.75 Å². The van der Waals surface area contributed by atoms with E-state index in [2.05, 4.69) is 42.0 Å². The van der Waals surface area contributed by atoms with Gasteiger partial charge in [0.25, 0.3) is 0 Å². The molecule has 0 radical (unpaired) electrons. The fourth-order valence-corrected chi connectivity index (χ4v) is 3.47. The van der Waals surface area contributed by atoms with Gasteiger partial charge in [0.15, 0.2) is 0 Å². The van der Waals surface area contributed by atoms with Crippen molar-refractivity contribution in [2.24, 2.45) is 5.41 Å². The van der Waals surface area contributed by atoms with Crippen molar-refractivity contribution in [1.29, 1.82) is 0 Å². The van der Waals surface area contributed by atoms with Crippen LogP contribution in [0.3, 0.4) is 0 Å². The summed E-state index contributed by atoms with van der Waals surface area (Å²) in [6.07, 6.45) is 4.73. The first kappa shape index (κ1) is 14.9. The van der Waals surface area contributed by atoms with Crippen molar-refractivity contribution in [3.63, 3.8) is 0 Å². The standard InChI is InChI=1S/C16H24BrNO/c1-4-14(13-9-11(17)5-6-15(13)19)18-12-7-8-16(2,3)10-12/h5-6,9,12,14,18-19H,4,7-8,10H2,1-3H3. The summed E-state index contributed by atoms with van der Waals surface area (Å²) in [5, 5.41) is 13.8. The summed E-state index contributed by atoms with van der Waals surface area (Å²) in [6.45, 7) is 6.84. The van der Waals surface area contributed by atoms with Gasteiger partial charge in [-0.2, -0.15) is 0 Å². The molecule has 2 unspecified atom stereocenters. The Balaban J connectivity index is 2.10. The number of hydrogen-bond donors (Lipinski definition) is 2. The lowest BCUT2D eigenvalue weighted by Gasteiger charge is -2.24. The number of benzene rings is 1. The number of rotatable bonds is 4. The Morgan fingerprint density at radius 2 is 2.21 bits per heavy atom. The zero-order valence-electron chi connectivity index (χ0n) is 12.0. The average molecular weight is 326 g/mol. The summed E-state index contributed by atoms with van der Waals surface area (Å²) in [5.41, 5.74) is 1.46. The third-order valence-electron chi connectivity index (χ3n) is 4.18. The molecule has 0 aliphatic heterocycles. The summed E-state index contributed by atoms with van der Waals surface area (Å²) < 4.78 is 1.02. The molecule has 0 spiro atoms. The van der Waals surface area contributed by atoms with Crippen LogP contribution < -0.4 is 5.32 Å². The molecule has 1 aliphatic rings. The van der Waals surface area contributed by atoms with E-state index in [1.54, 1.807) is 6.07 Å². The Hall–Kier alpha value is -0.540. The maximum absolute atomic E-state index is 10.1. The van der Waals surface area contributed by atoms with Crippen molar-refractivity contribution in [1.82, 2.24) is 5.32 Å². The second-order valence-electron chi connectivity index (χ2n) is 6.43. The molecular formula is C16H24BrNO. The van der Waals surface area contributed by atoms with Crippen LogP contribution >= 0.6 is 15.9 Å². The molecule has 2 atom stereocenters. The summed E-state index contributed by atoms with van der Waals surface area (Å²) in [7, 11) is 0. The monoisotopic (exact) mass is 325 g/mol. The van der Waals surface area contributed by atoms with Gasteiger partial charge >= 0.3 is 0 Å². The number of phenols is 1. The van der Waals surface area contributed by atoms with Gasteiger partial charge in [-0.25, -0.2) is 0 Å². The highest BCUT2D eigenvalue weighted by molar-refractivity contribution is 9.10. The molecule has 0 amide bonds. The first-order valence-electron chi connectivity index (χ1n) is 7.16. The molecule has 3 heteroatoms. The highest BCUT2D eigenvalue weighted by Gasteiger charge is 2.32. The summed E-state index contributed by atoms with van der Waals surface area (Å²) in [5.74, 6) is 0.389. The van der Waals surface area contributed by atoms with Crippen LogP contribution in [-0.2, 0) is 0 Å². The van der Waals surface area contributed by atoms with Crippen molar-refractivity contribution in [3.05, 3.63) is 28.2 Å². The Kier molecular flexibility index (Phi) is 4.57. The molecule has 2 rings (SSSR count). The van der Waals surface area contributed by atoms with Gasteiger partial charge in [-0.15, -0.1) is 0 Å². The highest BCUT2D eigenvalue weighted by atomic mass is 79.9. The van der Waals surface area contributed by atoms with E-state index >= 15 is 0 Å². The van der Waals surface area contributed by atoms with E-state index in [4.69, 9.17) is 0 Å². The molecule has 1 aromatic rings. The Morgan fingerprint density at radius 3 is 2.79 bits per heavy atom. The van der Waals surface area contributed by atoms with Gasteiger partial charge in [-0.3, -0.25) is 0 Å². The van der Waals surface area contributed by atoms with Gasteiger partial charge in [0.1, 0.15) is 5.75 Å². The molecule has 1 fully saturated rings. The van der Waals surface area contributed by atoms with E-state index in [0.717, 1.165) is 16.5 Å². The molecule has 0 saturated heterocycles. The van der Waals surface area contributed by atoms with Crippen LogP contribution in [0.2, 0.25) is 0 Å². The minimum Gasteiger partial charge on any atom is -0.508 e. The highest BCUT2D eigenvalue weighted by Crippen LogP contribution is 2.39. The molecular weight excluding hydrogens is 302 g/mol. The van der Waals surface area contributed by atoms with E-state index in [1.165, 1.54) is 19.3 Å². The summed E-state index contributed by atoms with van der Waals surface area (Å²) >= 11 is 3.49. The average Bonchev–Trinajstić information content (AvgIpc) is 2.69. The Bertz CT molecular complexity index is 444. The van der Waals surface area contributed by atoms with Crippen LogP contribution in [-0.4, -0.2) is 11.1 Å². The second-order valence-corrected chi connectivity index (χ2v) is 7.35. The number of nitrogens with one attached hydrogen (secondary N) is 1. The van der Waals surface area contributed by atoms with E-state index in [9.17, 15) is 5.11 Å². The third kappa shape index (κ3) is 3.73. The lowest BCUT2D eigenvalue weighted by molar-refractivity contribution is 0.347. The van der Waals surface area contributed by atoms with Crippen molar-refractivity contribution in [2.45, 2.75) is 58.5 Å². The van der Waals surface area contributed by atoms with E-state index in [-0.39, 0.29) is 6.04 Å². The van der Waals surface area contributed by atoms with Crippen molar-refractivity contribution >= 4 is 15.9 Å². The first-order chi connectivity index (χ1) is 8.91. The predicted molar refractivity (Wildman–Crippen MR) is 83.4 cm³/mol. The van der Waals surface area contributed by atoms with Crippen LogP contribution in [0.15, 0.2) is 22.7 Å². The number of aromatic hydroxyl groups is 1. The SMILES string of the molecule is CCC(NC1CCC(C)(C)C1)c1cc(Br)ccc1O. The zero-order chi connectivity index (χ0) is 14.0. The lowest BCUT2D eigenvalue weighted by atomic mass is 9.91. The van der Waals surface area contributed by atoms with Crippen LogP contribution in [0.1, 0.15) is 58.1 Å². The quantitative estimate of drug-likeness (QED) is 0.835. The van der Waals surface area contributed by atoms with Gasteiger partial charge in [-0.05, 0) is 49.3 Å². The molecule has 2 nitrogen and oxygen atoms in total. The molecule has 1 aromatic carbocycles. The number of hydrogen-bond acceptors (Lipinski definition) is 2. The molecule has 19 heavy (non-hydrogen) atoms. The van der Waals surface area contributed by atoms with E-state index < -0.39 is 0 Å². The predicted octanol–water partition coefficient (Wildman–Crippen LogP) is 4.77. The Morgan fingerprint density at radius 1 is 1.47 bits per heavy atom. The maximum atomic E-state index is 10.1. The van der Waals surface area contributed by atoms with Gasteiger partial charge < -0.3 is 10.4 Å².